The molecule has 6 nitrogen and oxygen atoms in total. The monoisotopic (exact) mass is 344 g/mol. The molecular formula is C18H13FO6. The number of esters is 1. The van der Waals surface area contributed by atoms with Crippen molar-refractivity contribution >= 4 is 17.5 Å². The lowest BCUT2D eigenvalue weighted by molar-refractivity contribution is -0.153. The van der Waals surface area contributed by atoms with E-state index in [0.29, 0.717) is 0 Å². The summed E-state index contributed by atoms with van der Waals surface area (Å²) in [5, 5.41) is 0. The highest BCUT2D eigenvalue weighted by molar-refractivity contribution is 6.41. The van der Waals surface area contributed by atoms with Crippen LogP contribution in [0.15, 0.2) is 42.5 Å². The van der Waals surface area contributed by atoms with Crippen LogP contribution >= 0.6 is 0 Å². The van der Waals surface area contributed by atoms with Gasteiger partial charge in [-0.3, -0.25) is 9.59 Å². The fourth-order valence-electron chi connectivity index (χ4n) is 2.41. The SMILES string of the molecule is COC(=O)C(=O)C1Oc2ccc(OCc3ccccc3)c(F)c2C1=O. The lowest BCUT2D eigenvalue weighted by Crippen LogP contribution is -2.37. The third-order valence-electron chi connectivity index (χ3n) is 3.66. The number of hydrogen-bond donors (Lipinski definition) is 0. The highest BCUT2D eigenvalue weighted by atomic mass is 19.1. The average molecular weight is 344 g/mol. The predicted octanol–water partition coefficient (Wildman–Crippen LogP) is 2.09. The summed E-state index contributed by atoms with van der Waals surface area (Å²) < 4.78 is 29.4. The van der Waals surface area contributed by atoms with Gasteiger partial charge < -0.3 is 14.2 Å². The minimum Gasteiger partial charge on any atom is -0.486 e. The molecule has 0 saturated carbocycles. The highest BCUT2D eigenvalue weighted by Crippen LogP contribution is 2.36. The van der Waals surface area contributed by atoms with E-state index in [1.54, 1.807) is 0 Å². The van der Waals surface area contributed by atoms with Gasteiger partial charge in [0, 0.05) is 0 Å². The van der Waals surface area contributed by atoms with Crippen molar-refractivity contribution < 1.29 is 33.0 Å². The first kappa shape index (κ1) is 16.6. The second-order valence-corrected chi connectivity index (χ2v) is 5.24. The minimum atomic E-state index is -1.73. The summed E-state index contributed by atoms with van der Waals surface area (Å²) >= 11 is 0. The van der Waals surface area contributed by atoms with Crippen LogP contribution in [0.2, 0.25) is 0 Å². The van der Waals surface area contributed by atoms with E-state index in [0.717, 1.165) is 12.7 Å². The third-order valence-corrected chi connectivity index (χ3v) is 3.66. The van der Waals surface area contributed by atoms with Gasteiger partial charge in [0.05, 0.1) is 7.11 Å². The van der Waals surface area contributed by atoms with Gasteiger partial charge in [0.15, 0.2) is 11.6 Å². The summed E-state index contributed by atoms with van der Waals surface area (Å²) in [5.74, 6) is -4.55. The van der Waals surface area contributed by atoms with Crippen LogP contribution in [0.25, 0.3) is 0 Å². The van der Waals surface area contributed by atoms with Crippen LogP contribution in [0, 0.1) is 5.82 Å². The van der Waals surface area contributed by atoms with Gasteiger partial charge in [0.2, 0.25) is 11.9 Å². The molecule has 7 heteroatoms. The Morgan fingerprint density at radius 1 is 1.16 bits per heavy atom. The fourth-order valence-corrected chi connectivity index (χ4v) is 2.41. The normalized spacial score (nSPS) is 15.3. The first-order valence-corrected chi connectivity index (χ1v) is 7.35. The maximum absolute atomic E-state index is 14.6. The van der Waals surface area contributed by atoms with E-state index in [-0.39, 0.29) is 18.1 Å². The Bertz CT molecular complexity index is 846. The van der Waals surface area contributed by atoms with Crippen molar-refractivity contribution in [1.29, 1.82) is 0 Å². The molecular weight excluding hydrogens is 331 g/mol. The number of carbonyl (C=O) groups is 3. The van der Waals surface area contributed by atoms with Crippen molar-refractivity contribution in [2.45, 2.75) is 12.7 Å². The van der Waals surface area contributed by atoms with E-state index in [1.165, 1.54) is 12.1 Å². The van der Waals surface area contributed by atoms with Gasteiger partial charge in [-0.25, -0.2) is 9.18 Å². The number of methoxy groups -OCH3 is 1. The summed E-state index contributed by atoms with van der Waals surface area (Å²) in [6, 6.07) is 11.7. The van der Waals surface area contributed by atoms with Crippen molar-refractivity contribution in [2.75, 3.05) is 7.11 Å². The van der Waals surface area contributed by atoms with Gasteiger partial charge in [0.1, 0.15) is 17.9 Å². The molecule has 0 N–H and O–H groups in total. The van der Waals surface area contributed by atoms with Crippen molar-refractivity contribution in [3.05, 3.63) is 59.4 Å². The molecule has 1 atom stereocenters. The first-order chi connectivity index (χ1) is 12.0. The number of rotatable bonds is 5. The largest absolute Gasteiger partial charge is 0.486 e. The van der Waals surface area contributed by atoms with Crippen LogP contribution in [-0.2, 0) is 20.9 Å². The zero-order valence-electron chi connectivity index (χ0n) is 13.2. The Kier molecular flexibility index (Phi) is 4.47. The molecule has 1 unspecified atom stereocenters. The lowest BCUT2D eigenvalue weighted by atomic mass is 10.0. The summed E-state index contributed by atoms with van der Waals surface area (Å²) in [6.07, 6.45) is -1.73. The molecule has 128 valence electrons. The van der Waals surface area contributed by atoms with Crippen LogP contribution in [0.5, 0.6) is 11.5 Å². The van der Waals surface area contributed by atoms with E-state index >= 15 is 0 Å². The number of ketones is 2. The number of Topliss-reactive ketones (excluding diaryl/α,β-unsaturated/α-hetero) is 2. The second-order valence-electron chi connectivity index (χ2n) is 5.24. The summed E-state index contributed by atoms with van der Waals surface area (Å²) in [6.45, 7) is 0.107. The molecule has 0 amide bonds. The van der Waals surface area contributed by atoms with Crippen LogP contribution in [0.3, 0.4) is 0 Å². The van der Waals surface area contributed by atoms with Crippen LogP contribution in [0.1, 0.15) is 15.9 Å². The Hall–Kier alpha value is -3.22. The first-order valence-electron chi connectivity index (χ1n) is 7.35. The third kappa shape index (κ3) is 3.08. The van der Waals surface area contributed by atoms with Crippen molar-refractivity contribution in [1.82, 2.24) is 0 Å². The van der Waals surface area contributed by atoms with Crippen LogP contribution in [0.4, 0.5) is 4.39 Å². The Morgan fingerprint density at radius 3 is 2.56 bits per heavy atom. The predicted molar refractivity (Wildman–Crippen MR) is 82.9 cm³/mol. The van der Waals surface area contributed by atoms with E-state index in [4.69, 9.17) is 9.47 Å². The topological polar surface area (TPSA) is 78.9 Å². The van der Waals surface area contributed by atoms with E-state index < -0.39 is 35.0 Å². The molecule has 2 aromatic rings. The number of ether oxygens (including phenoxy) is 3. The molecule has 0 radical (unpaired) electrons. The number of halogens is 1. The molecule has 2 aromatic carbocycles. The fraction of sp³-hybridized carbons (Fsp3) is 0.167. The smallest absolute Gasteiger partial charge is 0.378 e. The van der Waals surface area contributed by atoms with Crippen molar-refractivity contribution in [3.8, 4) is 11.5 Å². The summed E-state index contributed by atoms with van der Waals surface area (Å²) in [7, 11) is 1.00. The molecule has 0 aliphatic carbocycles. The molecule has 1 heterocycles. The molecule has 1 aliphatic heterocycles. The molecule has 0 spiro atoms. The summed E-state index contributed by atoms with van der Waals surface area (Å²) in [4.78, 5) is 35.3. The van der Waals surface area contributed by atoms with Crippen LogP contribution < -0.4 is 9.47 Å². The number of benzene rings is 2. The van der Waals surface area contributed by atoms with Crippen LogP contribution in [-0.4, -0.2) is 30.7 Å². The van der Waals surface area contributed by atoms with Gasteiger partial charge in [-0.05, 0) is 17.7 Å². The summed E-state index contributed by atoms with van der Waals surface area (Å²) in [5.41, 5.74) is 0.413. The lowest BCUT2D eigenvalue weighted by Gasteiger charge is -2.08. The van der Waals surface area contributed by atoms with E-state index in [1.807, 2.05) is 30.3 Å². The van der Waals surface area contributed by atoms with E-state index in [2.05, 4.69) is 4.74 Å². The molecule has 0 aromatic heterocycles. The number of hydrogen-bond acceptors (Lipinski definition) is 6. The van der Waals surface area contributed by atoms with Gasteiger partial charge in [-0.1, -0.05) is 30.3 Å². The van der Waals surface area contributed by atoms with Gasteiger partial charge in [-0.15, -0.1) is 0 Å². The standard InChI is InChI=1S/C18H13FO6/c1-23-18(22)16(21)17-15(20)13-11(25-17)7-8-12(14(13)19)24-9-10-5-3-2-4-6-10/h2-8,17H,9H2,1H3. The molecule has 25 heavy (non-hydrogen) atoms. The Balaban J connectivity index is 1.82. The second kappa shape index (κ2) is 6.72. The van der Waals surface area contributed by atoms with Gasteiger partial charge in [0.25, 0.3) is 5.78 Å². The Labute approximate surface area is 142 Å². The Morgan fingerprint density at radius 2 is 1.88 bits per heavy atom. The zero-order valence-corrected chi connectivity index (χ0v) is 13.2. The number of fused-ring (bicyclic) bond motifs is 1. The highest BCUT2D eigenvalue weighted by Gasteiger charge is 2.44. The zero-order chi connectivity index (χ0) is 18.0. The van der Waals surface area contributed by atoms with Crippen molar-refractivity contribution in [2.24, 2.45) is 0 Å². The maximum atomic E-state index is 14.6. The molecule has 0 bridgehead atoms. The van der Waals surface area contributed by atoms with Gasteiger partial charge >= 0.3 is 5.97 Å². The van der Waals surface area contributed by atoms with E-state index in [9.17, 15) is 18.8 Å². The molecule has 0 saturated heterocycles. The average Bonchev–Trinajstić information content (AvgIpc) is 2.98. The molecule has 3 rings (SSSR count). The number of carbonyl (C=O) groups excluding carboxylic acids is 3. The minimum absolute atomic E-state index is 0.107. The molecule has 1 aliphatic rings. The quantitative estimate of drug-likeness (QED) is 0.469. The van der Waals surface area contributed by atoms with Crippen molar-refractivity contribution in [3.63, 3.8) is 0 Å². The molecule has 0 fully saturated rings. The maximum Gasteiger partial charge on any atom is 0.378 e. The van der Waals surface area contributed by atoms with Gasteiger partial charge in [-0.2, -0.15) is 0 Å².